The molecule has 0 aromatic carbocycles. The van der Waals surface area contributed by atoms with Crippen molar-refractivity contribution in [1.29, 1.82) is 0 Å². The number of ether oxygens (including phenoxy) is 1. The van der Waals surface area contributed by atoms with E-state index in [1.54, 1.807) is 18.4 Å². The van der Waals surface area contributed by atoms with E-state index in [-0.39, 0.29) is 6.10 Å². The molecule has 1 unspecified atom stereocenters. The third-order valence-electron chi connectivity index (χ3n) is 4.39. The lowest BCUT2D eigenvalue weighted by atomic mass is 10.1. The molecule has 1 heterocycles. The van der Waals surface area contributed by atoms with Gasteiger partial charge in [-0.15, -0.1) is 11.3 Å². The van der Waals surface area contributed by atoms with Gasteiger partial charge in [0.15, 0.2) is 5.96 Å². The number of aliphatic imine (C=N–C) groups is 1. The molecule has 0 aliphatic heterocycles. The highest BCUT2D eigenvalue weighted by molar-refractivity contribution is 7.09. The second kappa shape index (κ2) is 13.9. The Hall–Kier alpha value is -1.18. The highest BCUT2D eigenvalue weighted by atomic mass is 32.1. The van der Waals surface area contributed by atoms with Gasteiger partial charge in [0.2, 0.25) is 0 Å². The first-order chi connectivity index (χ1) is 13.0. The molecule has 1 aromatic heterocycles. The Kier molecular flexibility index (Phi) is 12.3. The fourth-order valence-corrected chi connectivity index (χ4v) is 3.57. The van der Waals surface area contributed by atoms with E-state index < -0.39 is 0 Å². The largest absolute Gasteiger partial charge is 0.375 e. The zero-order valence-corrected chi connectivity index (χ0v) is 18.9. The quantitative estimate of drug-likeness (QED) is 0.312. The minimum absolute atomic E-state index is 0.0497. The van der Waals surface area contributed by atoms with Crippen LogP contribution in [0.15, 0.2) is 10.4 Å². The van der Waals surface area contributed by atoms with E-state index in [4.69, 9.17) is 9.73 Å². The third-order valence-corrected chi connectivity index (χ3v) is 5.45. The molecule has 0 saturated heterocycles. The number of aromatic nitrogens is 1. The van der Waals surface area contributed by atoms with Crippen LogP contribution in [0.1, 0.15) is 62.8 Å². The summed E-state index contributed by atoms with van der Waals surface area (Å²) < 4.78 is 5.35. The van der Waals surface area contributed by atoms with Crippen molar-refractivity contribution in [3.63, 3.8) is 0 Å². The van der Waals surface area contributed by atoms with E-state index in [0.717, 1.165) is 42.7 Å². The van der Waals surface area contributed by atoms with Crippen LogP contribution < -0.4 is 5.32 Å². The highest BCUT2D eigenvalue weighted by Crippen LogP contribution is 2.20. The number of thiazole rings is 1. The minimum Gasteiger partial charge on any atom is -0.375 e. The summed E-state index contributed by atoms with van der Waals surface area (Å²) in [6.07, 6.45) is 6.36. The smallest absolute Gasteiger partial charge is 0.194 e. The first-order valence-electron chi connectivity index (χ1n) is 10.1. The Morgan fingerprint density at radius 3 is 2.59 bits per heavy atom. The van der Waals surface area contributed by atoms with Gasteiger partial charge in [0, 0.05) is 32.6 Å². The SMILES string of the molecule is CCNC(=NCCCCCCCN(C)C)N(C)Cc1csc(C(C)OC)n1. The van der Waals surface area contributed by atoms with Crippen LogP contribution >= 0.6 is 11.3 Å². The molecule has 6 nitrogen and oxygen atoms in total. The standard InChI is InChI=1S/C20H39N5OS/c1-7-21-20(22-13-11-9-8-10-12-14-24(3)4)25(5)15-18-16-27-19(23-18)17(2)26-6/h16-17H,7-15H2,1-6H3,(H,21,22). The van der Waals surface area contributed by atoms with Crippen molar-refractivity contribution < 1.29 is 4.74 Å². The molecule has 0 saturated carbocycles. The van der Waals surface area contributed by atoms with E-state index in [0.29, 0.717) is 0 Å². The Morgan fingerprint density at radius 2 is 1.93 bits per heavy atom. The maximum Gasteiger partial charge on any atom is 0.194 e. The Morgan fingerprint density at radius 1 is 1.22 bits per heavy atom. The van der Waals surface area contributed by atoms with Gasteiger partial charge in [-0.1, -0.05) is 19.3 Å². The van der Waals surface area contributed by atoms with Crippen molar-refractivity contribution >= 4 is 17.3 Å². The second-order valence-corrected chi connectivity index (χ2v) is 8.11. The number of methoxy groups -OCH3 is 1. The molecule has 1 N–H and O–H groups in total. The molecule has 0 amide bonds. The summed E-state index contributed by atoms with van der Waals surface area (Å²) in [5.41, 5.74) is 1.06. The summed E-state index contributed by atoms with van der Waals surface area (Å²) in [6, 6.07) is 0. The summed E-state index contributed by atoms with van der Waals surface area (Å²) in [5.74, 6) is 0.958. The van der Waals surface area contributed by atoms with Crippen molar-refractivity contribution in [3.8, 4) is 0 Å². The summed E-state index contributed by atoms with van der Waals surface area (Å²) >= 11 is 1.66. The number of nitrogens with zero attached hydrogens (tertiary/aromatic N) is 4. The molecule has 156 valence electrons. The fourth-order valence-electron chi connectivity index (χ4n) is 2.73. The van der Waals surface area contributed by atoms with Gasteiger partial charge >= 0.3 is 0 Å². The van der Waals surface area contributed by atoms with Crippen LogP contribution in [0.3, 0.4) is 0 Å². The Bertz CT molecular complexity index is 532. The van der Waals surface area contributed by atoms with Crippen molar-refractivity contribution in [3.05, 3.63) is 16.1 Å². The van der Waals surface area contributed by atoms with Crippen LogP contribution in [-0.2, 0) is 11.3 Å². The van der Waals surface area contributed by atoms with Crippen molar-refractivity contribution in [1.82, 2.24) is 20.1 Å². The number of unbranched alkanes of at least 4 members (excludes halogenated alkanes) is 4. The second-order valence-electron chi connectivity index (χ2n) is 7.22. The normalized spacial score (nSPS) is 13.2. The van der Waals surface area contributed by atoms with Gasteiger partial charge in [0.05, 0.1) is 12.2 Å². The molecule has 0 spiro atoms. The van der Waals surface area contributed by atoms with Gasteiger partial charge in [-0.05, 0) is 47.3 Å². The molecule has 0 bridgehead atoms. The summed E-state index contributed by atoms with van der Waals surface area (Å²) in [4.78, 5) is 13.9. The summed E-state index contributed by atoms with van der Waals surface area (Å²) in [5, 5.41) is 6.52. The van der Waals surface area contributed by atoms with Crippen LogP contribution in [0, 0.1) is 0 Å². The van der Waals surface area contributed by atoms with Gasteiger partial charge in [-0.2, -0.15) is 0 Å². The van der Waals surface area contributed by atoms with E-state index in [2.05, 4.69) is 53.5 Å². The van der Waals surface area contributed by atoms with Crippen molar-refractivity contribution in [2.45, 2.75) is 58.6 Å². The van der Waals surface area contributed by atoms with Gasteiger partial charge in [-0.3, -0.25) is 4.99 Å². The number of hydrogen-bond acceptors (Lipinski definition) is 5. The van der Waals surface area contributed by atoms with Crippen LogP contribution in [0.25, 0.3) is 0 Å². The average Bonchev–Trinajstić information content (AvgIpc) is 3.10. The lowest BCUT2D eigenvalue weighted by Crippen LogP contribution is -2.38. The average molecular weight is 398 g/mol. The lowest BCUT2D eigenvalue weighted by molar-refractivity contribution is 0.119. The fraction of sp³-hybridized carbons (Fsp3) is 0.800. The number of nitrogens with one attached hydrogen (secondary N) is 1. The number of hydrogen-bond donors (Lipinski definition) is 1. The van der Waals surface area contributed by atoms with Crippen LogP contribution in [0.2, 0.25) is 0 Å². The van der Waals surface area contributed by atoms with Gasteiger partial charge in [0.25, 0.3) is 0 Å². The third kappa shape index (κ3) is 10.1. The molecule has 1 rings (SSSR count). The number of rotatable bonds is 13. The molecule has 0 aliphatic carbocycles. The molecule has 27 heavy (non-hydrogen) atoms. The first-order valence-corrected chi connectivity index (χ1v) is 11.0. The maximum absolute atomic E-state index is 5.35. The lowest BCUT2D eigenvalue weighted by Gasteiger charge is -2.21. The first kappa shape index (κ1) is 23.9. The van der Waals surface area contributed by atoms with Crippen molar-refractivity contribution in [2.75, 3.05) is 47.9 Å². The monoisotopic (exact) mass is 397 g/mol. The molecule has 1 atom stereocenters. The molecule has 7 heteroatoms. The Labute approximate surface area is 170 Å². The summed E-state index contributed by atoms with van der Waals surface area (Å²) in [6.45, 7) is 7.83. The molecular weight excluding hydrogens is 358 g/mol. The van der Waals surface area contributed by atoms with Crippen molar-refractivity contribution in [2.24, 2.45) is 4.99 Å². The predicted molar refractivity (Wildman–Crippen MR) is 117 cm³/mol. The van der Waals surface area contributed by atoms with E-state index >= 15 is 0 Å². The topological polar surface area (TPSA) is 53.0 Å². The molecule has 1 aromatic rings. The molecule has 0 fully saturated rings. The summed E-state index contributed by atoms with van der Waals surface area (Å²) in [7, 11) is 8.06. The predicted octanol–water partition coefficient (Wildman–Crippen LogP) is 3.76. The molecule has 0 aliphatic rings. The van der Waals surface area contributed by atoms with E-state index in [1.165, 1.54) is 32.2 Å². The van der Waals surface area contributed by atoms with Crippen LogP contribution in [0.5, 0.6) is 0 Å². The minimum atomic E-state index is 0.0497. The number of guanidine groups is 1. The van der Waals surface area contributed by atoms with Crippen LogP contribution in [0.4, 0.5) is 0 Å². The van der Waals surface area contributed by atoms with Crippen LogP contribution in [-0.4, -0.2) is 68.6 Å². The highest BCUT2D eigenvalue weighted by Gasteiger charge is 2.12. The van der Waals surface area contributed by atoms with Gasteiger partial charge in [-0.25, -0.2) is 4.98 Å². The zero-order valence-electron chi connectivity index (χ0n) is 18.1. The zero-order chi connectivity index (χ0) is 20.1. The molecular formula is C20H39N5OS. The molecule has 0 radical (unpaired) electrons. The van der Waals surface area contributed by atoms with Gasteiger partial charge in [0.1, 0.15) is 11.1 Å². The van der Waals surface area contributed by atoms with E-state index in [9.17, 15) is 0 Å². The van der Waals surface area contributed by atoms with E-state index in [1.807, 2.05) is 6.92 Å². The Balaban J connectivity index is 2.39. The maximum atomic E-state index is 5.35. The van der Waals surface area contributed by atoms with Gasteiger partial charge < -0.3 is 19.9 Å².